The molecular formula is C18H20N6O3S. The molecule has 1 amide bonds. The number of nitrogens with zero attached hydrogens (tertiary/aromatic N) is 4. The second kappa shape index (κ2) is 7.39. The Morgan fingerprint density at radius 2 is 1.96 bits per heavy atom. The lowest BCUT2D eigenvalue weighted by Crippen LogP contribution is -2.12. The zero-order valence-corrected chi connectivity index (χ0v) is 16.5. The third kappa shape index (κ3) is 4.01. The summed E-state index contributed by atoms with van der Waals surface area (Å²) < 4.78 is 25.6. The van der Waals surface area contributed by atoms with Gasteiger partial charge in [-0.05, 0) is 30.2 Å². The quantitative estimate of drug-likeness (QED) is 0.610. The summed E-state index contributed by atoms with van der Waals surface area (Å²) in [5.41, 5.74) is 2.36. The Balaban J connectivity index is 2.09. The van der Waals surface area contributed by atoms with Gasteiger partial charge in [0.2, 0.25) is 21.7 Å². The minimum atomic E-state index is -3.63. The van der Waals surface area contributed by atoms with Crippen LogP contribution in [0.3, 0.4) is 0 Å². The van der Waals surface area contributed by atoms with E-state index in [0.717, 1.165) is 11.8 Å². The van der Waals surface area contributed by atoms with Gasteiger partial charge in [0, 0.05) is 23.2 Å². The molecule has 0 aliphatic carbocycles. The van der Waals surface area contributed by atoms with Gasteiger partial charge < -0.3 is 10.6 Å². The van der Waals surface area contributed by atoms with Crippen LogP contribution in [0.4, 0.5) is 17.3 Å². The molecule has 2 heterocycles. The molecule has 10 heteroatoms. The third-order valence-corrected chi connectivity index (χ3v) is 4.75. The first-order valence-corrected chi connectivity index (χ1v) is 10.3. The van der Waals surface area contributed by atoms with Crippen molar-refractivity contribution in [1.29, 1.82) is 0 Å². The van der Waals surface area contributed by atoms with Crippen LogP contribution in [0.1, 0.15) is 25.3 Å². The number of carbonyl (C=O) groups is 1. The molecule has 2 aromatic heterocycles. The second-order valence-electron chi connectivity index (χ2n) is 6.49. The van der Waals surface area contributed by atoms with E-state index < -0.39 is 9.84 Å². The van der Waals surface area contributed by atoms with Crippen LogP contribution in [-0.2, 0) is 14.6 Å². The molecule has 0 bridgehead atoms. The Morgan fingerprint density at radius 3 is 2.61 bits per heavy atom. The van der Waals surface area contributed by atoms with Gasteiger partial charge in [-0.25, -0.2) is 8.42 Å². The van der Waals surface area contributed by atoms with E-state index in [9.17, 15) is 13.2 Å². The molecule has 0 saturated carbocycles. The molecule has 0 spiro atoms. The Bertz CT molecular complexity index is 1170. The lowest BCUT2D eigenvalue weighted by Gasteiger charge is -2.11. The normalized spacial score (nSPS) is 11.6. The standard InChI is InChI=1S/C18H20N6O3S/c1-5-15(25)20-12-7-6-8-13(9-12)21-17-23-18(28(4,26)27)22-16-14(11(2)3)10-19-24(16)17/h5-11H,1H2,2-4H3,(H,20,25)(H,21,22,23). The molecule has 0 atom stereocenters. The Morgan fingerprint density at radius 1 is 1.25 bits per heavy atom. The molecule has 146 valence electrons. The van der Waals surface area contributed by atoms with Crippen molar-refractivity contribution in [3.8, 4) is 0 Å². The van der Waals surface area contributed by atoms with E-state index in [-0.39, 0.29) is 22.9 Å². The van der Waals surface area contributed by atoms with Gasteiger partial charge in [-0.3, -0.25) is 4.79 Å². The number of rotatable bonds is 6. The number of hydrogen-bond donors (Lipinski definition) is 2. The summed E-state index contributed by atoms with van der Waals surface area (Å²) in [7, 11) is -3.63. The summed E-state index contributed by atoms with van der Waals surface area (Å²) in [6.45, 7) is 7.36. The first kappa shape index (κ1) is 19.5. The number of aromatic nitrogens is 4. The highest BCUT2D eigenvalue weighted by molar-refractivity contribution is 7.90. The van der Waals surface area contributed by atoms with Gasteiger partial charge in [-0.2, -0.15) is 19.6 Å². The largest absolute Gasteiger partial charge is 0.324 e. The summed E-state index contributed by atoms with van der Waals surface area (Å²) in [6.07, 6.45) is 3.87. The number of fused-ring (bicyclic) bond motifs is 1. The minimum absolute atomic E-state index is 0.102. The number of hydrogen-bond acceptors (Lipinski definition) is 7. The van der Waals surface area contributed by atoms with E-state index in [1.165, 1.54) is 10.6 Å². The van der Waals surface area contributed by atoms with Crippen molar-refractivity contribution < 1.29 is 13.2 Å². The maximum absolute atomic E-state index is 12.1. The third-order valence-electron chi connectivity index (χ3n) is 3.90. The predicted octanol–water partition coefficient (Wildman–Crippen LogP) is 2.52. The van der Waals surface area contributed by atoms with Gasteiger partial charge >= 0.3 is 0 Å². The molecule has 0 saturated heterocycles. The van der Waals surface area contributed by atoms with E-state index in [4.69, 9.17) is 0 Å². The molecule has 2 N–H and O–H groups in total. The van der Waals surface area contributed by atoms with Crippen molar-refractivity contribution in [2.45, 2.75) is 24.9 Å². The smallest absolute Gasteiger partial charge is 0.252 e. The molecule has 3 aromatic rings. The molecule has 0 unspecified atom stereocenters. The number of amides is 1. The van der Waals surface area contributed by atoms with E-state index >= 15 is 0 Å². The van der Waals surface area contributed by atoms with E-state index in [1.807, 2.05) is 13.8 Å². The molecule has 3 rings (SSSR count). The molecular weight excluding hydrogens is 380 g/mol. The number of carbonyl (C=O) groups excluding carboxylic acids is 1. The summed E-state index contributed by atoms with van der Waals surface area (Å²) in [4.78, 5) is 19.8. The SMILES string of the molecule is C=CC(=O)Nc1cccc(Nc2nc(S(C)(=O)=O)nc3c(C(C)C)cnn23)c1. The average Bonchev–Trinajstić information content (AvgIpc) is 3.05. The van der Waals surface area contributed by atoms with Crippen LogP contribution in [0.25, 0.3) is 5.65 Å². The highest BCUT2D eigenvalue weighted by atomic mass is 32.2. The number of nitrogens with one attached hydrogen (secondary N) is 2. The monoisotopic (exact) mass is 400 g/mol. The van der Waals surface area contributed by atoms with Gasteiger partial charge in [-0.1, -0.05) is 26.5 Å². The second-order valence-corrected chi connectivity index (χ2v) is 8.40. The molecule has 0 aliphatic heterocycles. The van der Waals surface area contributed by atoms with E-state index in [2.05, 4.69) is 32.3 Å². The Kier molecular flexibility index (Phi) is 5.14. The maximum atomic E-state index is 12.1. The van der Waals surface area contributed by atoms with Gasteiger partial charge in [0.25, 0.3) is 5.16 Å². The van der Waals surface area contributed by atoms with Crippen LogP contribution < -0.4 is 10.6 Å². The van der Waals surface area contributed by atoms with Crippen LogP contribution in [0, 0.1) is 0 Å². The van der Waals surface area contributed by atoms with Gasteiger partial charge in [0.1, 0.15) is 0 Å². The highest BCUT2D eigenvalue weighted by Crippen LogP contribution is 2.24. The van der Waals surface area contributed by atoms with E-state index in [1.54, 1.807) is 30.5 Å². The fourth-order valence-electron chi connectivity index (χ4n) is 2.53. The Hall–Kier alpha value is -3.27. The van der Waals surface area contributed by atoms with Crippen molar-refractivity contribution in [3.63, 3.8) is 0 Å². The van der Waals surface area contributed by atoms with Crippen LogP contribution >= 0.6 is 0 Å². The first-order valence-electron chi connectivity index (χ1n) is 8.45. The number of sulfone groups is 1. The predicted molar refractivity (Wildman–Crippen MR) is 107 cm³/mol. The molecule has 0 radical (unpaired) electrons. The van der Waals surface area contributed by atoms with Crippen LogP contribution in [0.5, 0.6) is 0 Å². The van der Waals surface area contributed by atoms with Crippen molar-refractivity contribution in [2.75, 3.05) is 16.9 Å². The maximum Gasteiger partial charge on any atom is 0.252 e. The lowest BCUT2D eigenvalue weighted by atomic mass is 10.1. The first-order chi connectivity index (χ1) is 13.2. The van der Waals surface area contributed by atoms with Crippen LogP contribution in [0.2, 0.25) is 0 Å². The Labute approximate surface area is 162 Å². The zero-order chi connectivity index (χ0) is 20.5. The molecule has 0 fully saturated rings. The fourth-order valence-corrected chi connectivity index (χ4v) is 3.03. The van der Waals surface area contributed by atoms with Crippen LogP contribution in [-0.4, -0.2) is 40.2 Å². The van der Waals surface area contributed by atoms with Crippen molar-refractivity contribution in [3.05, 3.63) is 48.7 Å². The van der Waals surface area contributed by atoms with Crippen molar-refractivity contribution >= 4 is 38.7 Å². The van der Waals surface area contributed by atoms with Crippen LogP contribution in [0.15, 0.2) is 48.3 Å². The van der Waals surface area contributed by atoms with Gasteiger partial charge in [-0.15, -0.1) is 0 Å². The van der Waals surface area contributed by atoms with Gasteiger partial charge in [0.15, 0.2) is 5.65 Å². The lowest BCUT2D eigenvalue weighted by molar-refractivity contribution is -0.111. The molecule has 9 nitrogen and oxygen atoms in total. The molecule has 0 aliphatic rings. The molecule has 1 aromatic carbocycles. The number of anilines is 3. The highest BCUT2D eigenvalue weighted by Gasteiger charge is 2.20. The van der Waals surface area contributed by atoms with Gasteiger partial charge in [0.05, 0.1) is 6.20 Å². The summed E-state index contributed by atoms with van der Waals surface area (Å²) >= 11 is 0. The molecule has 28 heavy (non-hydrogen) atoms. The van der Waals surface area contributed by atoms with E-state index in [0.29, 0.717) is 17.0 Å². The summed E-state index contributed by atoms with van der Waals surface area (Å²) in [5, 5.41) is 9.72. The van der Waals surface area contributed by atoms with Crippen molar-refractivity contribution in [2.24, 2.45) is 0 Å². The minimum Gasteiger partial charge on any atom is -0.324 e. The summed E-state index contributed by atoms with van der Waals surface area (Å²) in [5.74, 6) is -0.0378. The number of benzene rings is 1. The summed E-state index contributed by atoms with van der Waals surface area (Å²) in [6, 6.07) is 6.89. The van der Waals surface area contributed by atoms with Crippen molar-refractivity contribution in [1.82, 2.24) is 19.6 Å². The fraction of sp³-hybridized carbons (Fsp3) is 0.222. The average molecular weight is 400 g/mol. The topological polar surface area (TPSA) is 118 Å². The zero-order valence-electron chi connectivity index (χ0n) is 15.7.